The van der Waals surface area contributed by atoms with Crippen molar-refractivity contribution in [1.82, 2.24) is 9.80 Å². The van der Waals surface area contributed by atoms with E-state index in [9.17, 15) is 18.0 Å². The summed E-state index contributed by atoms with van der Waals surface area (Å²) in [6.45, 7) is 3.08. The molecule has 3 rings (SSSR count). The molecule has 0 spiro atoms. The number of amides is 1. The van der Waals surface area contributed by atoms with E-state index in [0.29, 0.717) is 39.3 Å². The number of hydrogen-bond donors (Lipinski definition) is 0. The van der Waals surface area contributed by atoms with Crippen LogP contribution < -0.4 is 9.47 Å². The molecule has 0 atom stereocenters. The minimum atomic E-state index is -1.62. The lowest BCUT2D eigenvalue weighted by molar-refractivity contribution is 0.0614. The monoisotopic (exact) mass is 394 g/mol. The lowest BCUT2D eigenvalue weighted by Gasteiger charge is -2.34. The lowest BCUT2D eigenvalue weighted by atomic mass is 10.1. The highest BCUT2D eigenvalue weighted by atomic mass is 19.2. The van der Waals surface area contributed by atoms with E-state index in [1.165, 1.54) is 4.90 Å². The van der Waals surface area contributed by atoms with Gasteiger partial charge in [-0.1, -0.05) is 0 Å². The van der Waals surface area contributed by atoms with Gasteiger partial charge in [-0.15, -0.1) is 0 Å². The molecule has 1 saturated heterocycles. The highest BCUT2D eigenvalue weighted by molar-refractivity contribution is 5.94. The molecule has 150 valence electrons. The topological polar surface area (TPSA) is 42.0 Å². The molecule has 0 aliphatic carbocycles. The first-order chi connectivity index (χ1) is 13.5. The molecule has 1 amide bonds. The summed E-state index contributed by atoms with van der Waals surface area (Å²) in [6, 6.07) is 9.02. The van der Waals surface area contributed by atoms with Crippen molar-refractivity contribution >= 4 is 5.91 Å². The van der Waals surface area contributed by atoms with E-state index >= 15 is 0 Å². The highest BCUT2D eigenvalue weighted by Gasteiger charge is 2.26. The van der Waals surface area contributed by atoms with Gasteiger partial charge in [-0.25, -0.2) is 13.2 Å². The number of carbonyl (C=O) groups excluding carboxylic acids is 1. The van der Waals surface area contributed by atoms with Crippen molar-refractivity contribution in [2.75, 3.05) is 46.4 Å². The lowest BCUT2D eigenvalue weighted by Crippen LogP contribution is -2.49. The van der Waals surface area contributed by atoms with Crippen LogP contribution in [0.1, 0.15) is 10.4 Å². The molecule has 2 aromatic rings. The molecule has 0 saturated carbocycles. The smallest absolute Gasteiger partial charge is 0.257 e. The maximum Gasteiger partial charge on any atom is 0.257 e. The fourth-order valence-corrected chi connectivity index (χ4v) is 3.00. The van der Waals surface area contributed by atoms with Gasteiger partial charge in [0.05, 0.1) is 12.7 Å². The SMILES string of the molecule is COc1ccc(OCCN2CCN(C(=O)c3ccc(F)c(F)c3F)CC2)cc1. The molecular formula is C20H21F3N2O3. The molecule has 0 N–H and O–H groups in total. The quantitative estimate of drug-likeness (QED) is 0.707. The maximum atomic E-state index is 13.8. The Labute approximate surface area is 161 Å². The average Bonchev–Trinajstić information content (AvgIpc) is 2.73. The predicted molar refractivity (Wildman–Crippen MR) is 97.1 cm³/mol. The first-order valence-corrected chi connectivity index (χ1v) is 8.91. The molecule has 1 heterocycles. The number of piperazine rings is 1. The van der Waals surface area contributed by atoms with Gasteiger partial charge in [-0.2, -0.15) is 0 Å². The second kappa shape index (κ2) is 8.97. The molecule has 28 heavy (non-hydrogen) atoms. The van der Waals surface area contributed by atoms with Crippen LogP contribution >= 0.6 is 0 Å². The van der Waals surface area contributed by atoms with Crippen molar-refractivity contribution in [3.05, 3.63) is 59.4 Å². The standard InChI is InChI=1S/C20H21F3N2O3/c1-27-14-2-4-15(5-3-14)28-13-12-24-8-10-25(11-9-24)20(26)16-6-7-17(21)19(23)18(16)22/h2-7H,8-13H2,1H3. The molecule has 1 aliphatic heterocycles. The third kappa shape index (κ3) is 4.56. The van der Waals surface area contributed by atoms with Crippen LogP contribution in [0.3, 0.4) is 0 Å². The number of methoxy groups -OCH3 is 1. The average molecular weight is 394 g/mol. The van der Waals surface area contributed by atoms with Crippen molar-refractivity contribution < 1.29 is 27.4 Å². The molecule has 0 unspecified atom stereocenters. The van der Waals surface area contributed by atoms with Gasteiger partial charge < -0.3 is 14.4 Å². The number of ether oxygens (including phenoxy) is 2. The summed E-state index contributed by atoms with van der Waals surface area (Å²) in [6.07, 6.45) is 0. The molecule has 5 nitrogen and oxygen atoms in total. The Bertz CT molecular complexity index is 822. The molecule has 2 aromatic carbocycles. The van der Waals surface area contributed by atoms with Crippen molar-refractivity contribution in [3.63, 3.8) is 0 Å². The minimum Gasteiger partial charge on any atom is -0.497 e. The third-order valence-corrected chi connectivity index (χ3v) is 4.66. The fraction of sp³-hybridized carbons (Fsp3) is 0.350. The molecule has 1 fully saturated rings. The van der Waals surface area contributed by atoms with Crippen LogP contribution in [0.2, 0.25) is 0 Å². The molecule has 8 heteroatoms. The number of rotatable bonds is 6. The number of halogens is 3. The van der Waals surface area contributed by atoms with E-state index in [-0.39, 0.29) is 0 Å². The zero-order valence-electron chi connectivity index (χ0n) is 15.5. The van der Waals surface area contributed by atoms with Crippen LogP contribution in [0.5, 0.6) is 11.5 Å². The van der Waals surface area contributed by atoms with Gasteiger partial charge >= 0.3 is 0 Å². The van der Waals surface area contributed by atoms with E-state index in [4.69, 9.17) is 9.47 Å². The first-order valence-electron chi connectivity index (χ1n) is 8.91. The van der Waals surface area contributed by atoms with Gasteiger partial charge in [-0.3, -0.25) is 9.69 Å². The van der Waals surface area contributed by atoms with Gasteiger partial charge in [0.1, 0.15) is 18.1 Å². The first kappa shape index (κ1) is 20.0. The van der Waals surface area contributed by atoms with Crippen molar-refractivity contribution in [2.24, 2.45) is 0 Å². The van der Waals surface area contributed by atoms with Gasteiger partial charge in [0, 0.05) is 32.7 Å². The van der Waals surface area contributed by atoms with Crippen molar-refractivity contribution in [2.45, 2.75) is 0 Å². The number of benzene rings is 2. The summed E-state index contributed by atoms with van der Waals surface area (Å²) in [5, 5.41) is 0. The summed E-state index contributed by atoms with van der Waals surface area (Å²) >= 11 is 0. The molecule has 1 aliphatic rings. The third-order valence-electron chi connectivity index (χ3n) is 4.66. The summed E-state index contributed by atoms with van der Waals surface area (Å²) in [4.78, 5) is 15.9. The zero-order chi connectivity index (χ0) is 20.1. The summed E-state index contributed by atoms with van der Waals surface area (Å²) in [5.74, 6) is -3.52. The van der Waals surface area contributed by atoms with Crippen LogP contribution in [0.25, 0.3) is 0 Å². The maximum absolute atomic E-state index is 13.8. The Morgan fingerprint density at radius 1 is 0.929 bits per heavy atom. The van der Waals surface area contributed by atoms with Gasteiger partial charge in [0.15, 0.2) is 17.5 Å². The second-order valence-corrected chi connectivity index (χ2v) is 6.38. The second-order valence-electron chi connectivity index (χ2n) is 6.38. The Morgan fingerprint density at radius 2 is 1.57 bits per heavy atom. The van der Waals surface area contributed by atoms with Crippen LogP contribution in [0, 0.1) is 17.5 Å². The number of nitrogens with zero attached hydrogens (tertiary/aromatic N) is 2. The van der Waals surface area contributed by atoms with E-state index in [1.54, 1.807) is 7.11 Å². The Hall–Kier alpha value is -2.74. The van der Waals surface area contributed by atoms with Gasteiger partial charge in [-0.05, 0) is 36.4 Å². The highest BCUT2D eigenvalue weighted by Crippen LogP contribution is 2.19. The van der Waals surface area contributed by atoms with Crippen molar-refractivity contribution in [3.8, 4) is 11.5 Å². The molecule has 0 radical (unpaired) electrons. The minimum absolute atomic E-state index is 0.375. The zero-order valence-corrected chi connectivity index (χ0v) is 15.5. The fourth-order valence-electron chi connectivity index (χ4n) is 3.00. The summed E-state index contributed by atoms with van der Waals surface area (Å²) in [7, 11) is 1.60. The molecule has 0 aromatic heterocycles. The number of hydrogen-bond acceptors (Lipinski definition) is 4. The Kier molecular flexibility index (Phi) is 6.41. The largest absolute Gasteiger partial charge is 0.497 e. The van der Waals surface area contributed by atoms with Crippen LogP contribution in [-0.4, -0.2) is 62.1 Å². The van der Waals surface area contributed by atoms with Gasteiger partial charge in [0.2, 0.25) is 0 Å². The van der Waals surface area contributed by atoms with Crippen molar-refractivity contribution in [1.29, 1.82) is 0 Å². The summed E-state index contributed by atoms with van der Waals surface area (Å²) in [5.41, 5.74) is -0.449. The summed E-state index contributed by atoms with van der Waals surface area (Å²) < 4.78 is 51.0. The number of carbonyl (C=O) groups is 1. The molecular weight excluding hydrogens is 373 g/mol. The van der Waals surface area contributed by atoms with E-state index in [0.717, 1.165) is 23.6 Å². The Balaban J connectivity index is 1.46. The van der Waals surface area contributed by atoms with Crippen LogP contribution in [0.4, 0.5) is 13.2 Å². The Morgan fingerprint density at radius 3 is 2.21 bits per heavy atom. The normalized spacial score (nSPS) is 14.8. The van der Waals surface area contributed by atoms with Crippen LogP contribution in [0.15, 0.2) is 36.4 Å². The van der Waals surface area contributed by atoms with E-state index in [1.807, 2.05) is 24.3 Å². The van der Waals surface area contributed by atoms with Crippen LogP contribution in [-0.2, 0) is 0 Å². The van der Waals surface area contributed by atoms with E-state index in [2.05, 4.69) is 4.90 Å². The predicted octanol–water partition coefficient (Wildman–Crippen LogP) is 2.95. The molecule has 0 bridgehead atoms. The van der Waals surface area contributed by atoms with E-state index < -0.39 is 28.9 Å². The van der Waals surface area contributed by atoms with Gasteiger partial charge in [0.25, 0.3) is 5.91 Å².